The van der Waals surface area contributed by atoms with E-state index in [2.05, 4.69) is 10.4 Å². The Hall–Kier alpha value is -3.42. The van der Waals surface area contributed by atoms with Crippen molar-refractivity contribution in [3.05, 3.63) is 54.1 Å². The fraction of sp³-hybridized carbons (Fsp3) is 0.111. The highest BCUT2D eigenvalue weighted by Crippen LogP contribution is 2.36. The number of amides is 1. The van der Waals surface area contributed by atoms with E-state index in [0.29, 0.717) is 29.2 Å². The van der Waals surface area contributed by atoms with Crippen LogP contribution in [0.2, 0.25) is 0 Å². The molecule has 0 unspecified atom stereocenters. The summed E-state index contributed by atoms with van der Waals surface area (Å²) < 4.78 is 40.3. The van der Waals surface area contributed by atoms with Gasteiger partial charge in [-0.15, -0.1) is 5.10 Å². The normalized spacial score (nSPS) is 10.5. The zero-order chi connectivity index (χ0) is 18.7. The van der Waals surface area contributed by atoms with E-state index < -0.39 is 11.6 Å². The van der Waals surface area contributed by atoms with Crippen LogP contribution in [0.25, 0.3) is 16.9 Å². The van der Waals surface area contributed by atoms with E-state index in [1.807, 2.05) is 0 Å². The highest BCUT2D eigenvalue weighted by Gasteiger charge is 2.21. The largest absolute Gasteiger partial charge is 0.497 e. The molecule has 26 heavy (non-hydrogen) atoms. The number of ether oxygens (including phenoxy) is 2. The van der Waals surface area contributed by atoms with Crippen LogP contribution in [0.4, 0.5) is 14.6 Å². The minimum absolute atomic E-state index is 0.127. The summed E-state index contributed by atoms with van der Waals surface area (Å²) in [6.07, 6.45) is 0.428. The van der Waals surface area contributed by atoms with Gasteiger partial charge in [-0.05, 0) is 30.3 Å². The number of benzene rings is 2. The summed E-state index contributed by atoms with van der Waals surface area (Å²) >= 11 is 0. The molecule has 6 nitrogen and oxygen atoms in total. The van der Waals surface area contributed by atoms with Crippen LogP contribution in [0.1, 0.15) is 0 Å². The summed E-state index contributed by atoms with van der Waals surface area (Å²) in [5.74, 6) is -0.501. The number of nitrogens with one attached hydrogen (secondary N) is 1. The molecule has 0 radical (unpaired) electrons. The first-order chi connectivity index (χ1) is 12.6. The van der Waals surface area contributed by atoms with Crippen molar-refractivity contribution in [3.8, 4) is 28.4 Å². The highest BCUT2D eigenvalue weighted by atomic mass is 19.1. The van der Waals surface area contributed by atoms with Crippen molar-refractivity contribution >= 4 is 12.2 Å². The highest BCUT2D eigenvalue weighted by molar-refractivity contribution is 5.77. The first kappa shape index (κ1) is 17.4. The van der Waals surface area contributed by atoms with Crippen molar-refractivity contribution in [1.29, 1.82) is 0 Å². The van der Waals surface area contributed by atoms with E-state index in [1.165, 1.54) is 26.4 Å². The second-order valence-corrected chi connectivity index (χ2v) is 5.23. The molecule has 0 bridgehead atoms. The monoisotopic (exact) mass is 359 g/mol. The van der Waals surface area contributed by atoms with Gasteiger partial charge in [0.2, 0.25) is 6.41 Å². The fourth-order valence-electron chi connectivity index (χ4n) is 2.58. The van der Waals surface area contributed by atoms with Gasteiger partial charge in [0.1, 0.15) is 17.2 Å². The smallest absolute Gasteiger partial charge is 0.212 e. The number of halogens is 2. The third-order valence-electron chi connectivity index (χ3n) is 3.75. The molecule has 1 aromatic heterocycles. The predicted octanol–water partition coefficient (Wildman–Crippen LogP) is 3.40. The van der Waals surface area contributed by atoms with Crippen molar-refractivity contribution in [3.63, 3.8) is 0 Å². The van der Waals surface area contributed by atoms with Crippen molar-refractivity contribution in [1.82, 2.24) is 9.78 Å². The van der Waals surface area contributed by atoms with Crippen molar-refractivity contribution < 1.29 is 23.0 Å². The fourth-order valence-corrected chi connectivity index (χ4v) is 2.58. The molecule has 0 atom stereocenters. The van der Waals surface area contributed by atoms with Gasteiger partial charge in [0.05, 0.1) is 19.9 Å². The minimum Gasteiger partial charge on any atom is -0.497 e. The van der Waals surface area contributed by atoms with Gasteiger partial charge < -0.3 is 14.8 Å². The third kappa shape index (κ3) is 3.08. The van der Waals surface area contributed by atoms with Crippen LogP contribution in [0.15, 0.2) is 42.5 Å². The van der Waals surface area contributed by atoms with Crippen LogP contribution in [-0.2, 0) is 4.79 Å². The van der Waals surface area contributed by atoms with Gasteiger partial charge in [-0.2, -0.15) is 0 Å². The van der Waals surface area contributed by atoms with Gasteiger partial charge in [0.15, 0.2) is 17.5 Å². The van der Waals surface area contributed by atoms with Crippen LogP contribution in [0.3, 0.4) is 0 Å². The Morgan fingerprint density at radius 1 is 1.08 bits per heavy atom. The van der Waals surface area contributed by atoms with Crippen molar-refractivity contribution in [2.24, 2.45) is 0 Å². The van der Waals surface area contributed by atoms with Crippen LogP contribution in [-0.4, -0.2) is 30.4 Å². The first-order valence-corrected chi connectivity index (χ1v) is 7.56. The number of anilines is 1. The van der Waals surface area contributed by atoms with Crippen molar-refractivity contribution in [2.75, 3.05) is 19.5 Å². The summed E-state index contributed by atoms with van der Waals surface area (Å²) in [5, 5.41) is 6.48. The van der Waals surface area contributed by atoms with E-state index in [1.54, 1.807) is 18.2 Å². The van der Waals surface area contributed by atoms with E-state index in [-0.39, 0.29) is 11.5 Å². The maximum atomic E-state index is 14.3. The van der Waals surface area contributed by atoms with Crippen LogP contribution >= 0.6 is 0 Å². The quantitative estimate of drug-likeness (QED) is 0.685. The standard InChI is InChI=1S/C18H15F2N3O3/c1-25-11-6-7-16(26-2)12(8-11)15-9-17(21-10-24)22-23(15)18-13(19)4-3-5-14(18)20/h3-10H,1-2H3,(H,21,22,24). The molecule has 0 saturated heterocycles. The lowest BCUT2D eigenvalue weighted by Gasteiger charge is -2.13. The van der Waals surface area contributed by atoms with Gasteiger partial charge >= 0.3 is 0 Å². The Bertz CT molecular complexity index is 937. The molecule has 0 aliphatic carbocycles. The molecule has 0 spiro atoms. The summed E-state index contributed by atoms with van der Waals surface area (Å²) in [7, 11) is 2.97. The molecule has 1 amide bonds. The molecule has 8 heteroatoms. The topological polar surface area (TPSA) is 65.4 Å². The van der Waals surface area contributed by atoms with Crippen LogP contribution in [0.5, 0.6) is 11.5 Å². The van der Waals surface area contributed by atoms with Gasteiger partial charge in [-0.1, -0.05) is 6.07 Å². The number of nitrogens with zero attached hydrogens (tertiary/aromatic N) is 2. The van der Waals surface area contributed by atoms with E-state index in [0.717, 1.165) is 16.8 Å². The number of methoxy groups -OCH3 is 2. The summed E-state index contributed by atoms with van der Waals surface area (Å²) in [6.45, 7) is 0. The lowest BCUT2D eigenvalue weighted by molar-refractivity contribution is -0.105. The molecule has 3 rings (SSSR count). The molecular weight excluding hydrogens is 344 g/mol. The number of hydrogen-bond acceptors (Lipinski definition) is 4. The predicted molar refractivity (Wildman–Crippen MR) is 91.7 cm³/mol. The molecule has 0 aliphatic rings. The number of carbonyl (C=O) groups excluding carboxylic acids is 1. The van der Waals surface area contributed by atoms with Crippen LogP contribution < -0.4 is 14.8 Å². The summed E-state index contributed by atoms with van der Waals surface area (Å²) in [5.41, 5.74) is 0.432. The van der Waals surface area contributed by atoms with E-state index in [4.69, 9.17) is 9.47 Å². The lowest BCUT2D eigenvalue weighted by atomic mass is 10.1. The molecule has 2 aromatic carbocycles. The number of carbonyl (C=O) groups is 1. The molecular formula is C18H15F2N3O3. The summed E-state index contributed by atoms with van der Waals surface area (Å²) in [6, 6.07) is 9.99. The molecule has 0 saturated carbocycles. The minimum atomic E-state index is -0.797. The number of rotatable bonds is 6. The molecule has 1 N–H and O–H groups in total. The SMILES string of the molecule is COc1ccc(OC)c(-c2cc(NC=O)nn2-c2c(F)cccc2F)c1. The second kappa shape index (κ2) is 7.22. The lowest BCUT2D eigenvalue weighted by Crippen LogP contribution is -2.06. The maximum absolute atomic E-state index is 14.3. The van der Waals surface area contributed by atoms with Crippen LogP contribution in [0, 0.1) is 11.6 Å². The maximum Gasteiger partial charge on any atom is 0.212 e. The van der Waals surface area contributed by atoms with E-state index in [9.17, 15) is 13.6 Å². The molecule has 134 valence electrons. The Labute approximate surface area is 148 Å². The zero-order valence-corrected chi connectivity index (χ0v) is 14.0. The Morgan fingerprint density at radius 3 is 2.42 bits per heavy atom. The Morgan fingerprint density at radius 2 is 1.81 bits per heavy atom. The second-order valence-electron chi connectivity index (χ2n) is 5.23. The van der Waals surface area contributed by atoms with Gasteiger partial charge in [-0.25, -0.2) is 13.5 Å². The van der Waals surface area contributed by atoms with Gasteiger partial charge in [0, 0.05) is 11.6 Å². The Kier molecular flexibility index (Phi) is 4.83. The average molecular weight is 359 g/mol. The molecule has 1 heterocycles. The van der Waals surface area contributed by atoms with E-state index >= 15 is 0 Å². The average Bonchev–Trinajstić information content (AvgIpc) is 3.04. The number of aromatic nitrogens is 2. The first-order valence-electron chi connectivity index (χ1n) is 7.56. The number of hydrogen-bond donors (Lipinski definition) is 1. The number of para-hydroxylation sites is 1. The van der Waals surface area contributed by atoms with Gasteiger partial charge in [-0.3, -0.25) is 4.79 Å². The summed E-state index contributed by atoms with van der Waals surface area (Å²) in [4.78, 5) is 10.8. The molecule has 3 aromatic rings. The molecule has 0 aliphatic heterocycles. The third-order valence-corrected chi connectivity index (χ3v) is 3.75. The zero-order valence-electron chi connectivity index (χ0n) is 14.0. The van der Waals surface area contributed by atoms with Crippen molar-refractivity contribution in [2.45, 2.75) is 0 Å². The Balaban J connectivity index is 2.30. The molecule has 0 fully saturated rings. The van der Waals surface area contributed by atoms with Gasteiger partial charge in [0.25, 0.3) is 0 Å².